The number of hydrogen-bond acceptors (Lipinski definition) is 5. The van der Waals surface area contributed by atoms with Crippen molar-refractivity contribution < 1.29 is 22.7 Å². The lowest BCUT2D eigenvalue weighted by molar-refractivity contribution is 0.0939. The average Bonchev–Trinajstić information content (AvgIpc) is 2.79. The molecule has 0 heterocycles. The van der Waals surface area contributed by atoms with Crippen molar-refractivity contribution in [1.29, 1.82) is 0 Å². The van der Waals surface area contributed by atoms with Gasteiger partial charge in [0, 0.05) is 11.3 Å². The van der Waals surface area contributed by atoms with Gasteiger partial charge in [-0.15, -0.1) is 0 Å². The number of methoxy groups -OCH3 is 2. The number of rotatable bonds is 8. The summed E-state index contributed by atoms with van der Waals surface area (Å²) >= 11 is 0. The molecule has 0 saturated carbocycles. The molecule has 3 aromatic rings. The summed E-state index contributed by atoms with van der Waals surface area (Å²) in [5, 5.41) is 2.90. The first kappa shape index (κ1) is 24.1. The van der Waals surface area contributed by atoms with E-state index in [9.17, 15) is 13.2 Å². The van der Waals surface area contributed by atoms with Gasteiger partial charge in [0.2, 0.25) is 0 Å². The molecule has 0 aliphatic heterocycles. The van der Waals surface area contributed by atoms with E-state index in [2.05, 4.69) is 10.0 Å². The molecule has 0 fully saturated rings. The number of hydrogen-bond donors (Lipinski definition) is 2. The summed E-state index contributed by atoms with van der Waals surface area (Å²) in [6, 6.07) is 16.7. The van der Waals surface area contributed by atoms with Crippen molar-refractivity contribution in [2.24, 2.45) is 0 Å². The molecule has 0 bridgehead atoms. The van der Waals surface area contributed by atoms with Gasteiger partial charge in [0.05, 0.1) is 25.2 Å². The molecule has 1 unspecified atom stereocenters. The van der Waals surface area contributed by atoms with E-state index in [1.165, 1.54) is 6.07 Å². The fraction of sp³-hybridized carbons (Fsp3) is 0.240. The molecule has 174 valence electrons. The monoisotopic (exact) mass is 468 g/mol. The highest BCUT2D eigenvalue weighted by molar-refractivity contribution is 7.92. The fourth-order valence-corrected chi connectivity index (χ4v) is 4.68. The zero-order valence-electron chi connectivity index (χ0n) is 19.3. The number of benzene rings is 3. The average molecular weight is 469 g/mol. The molecule has 0 aliphatic rings. The predicted octanol–water partition coefficient (Wildman–Crippen LogP) is 4.61. The minimum absolute atomic E-state index is 0.0505. The van der Waals surface area contributed by atoms with E-state index < -0.39 is 10.0 Å². The van der Waals surface area contributed by atoms with E-state index in [-0.39, 0.29) is 22.4 Å². The van der Waals surface area contributed by atoms with E-state index in [0.29, 0.717) is 22.7 Å². The maximum absolute atomic E-state index is 13.0. The highest BCUT2D eigenvalue weighted by Gasteiger charge is 2.20. The highest BCUT2D eigenvalue weighted by atomic mass is 32.2. The van der Waals surface area contributed by atoms with Gasteiger partial charge in [-0.2, -0.15) is 0 Å². The zero-order valence-corrected chi connectivity index (χ0v) is 20.1. The molecule has 8 heteroatoms. The third-order valence-electron chi connectivity index (χ3n) is 5.30. The van der Waals surface area contributed by atoms with Crippen LogP contribution in [-0.2, 0) is 10.0 Å². The number of aryl methyl sites for hydroxylation is 2. The van der Waals surface area contributed by atoms with E-state index in [1.807, 2.05) is 32.0 Å². The Morgan fingerprint density at radius 1 is 0.879 bits per heavy atom. The van der Waals surface area contributed by atoms with Crippen LogP contribution in [0.5, 0.6) is 11.5 Å². The van der Waals surface area contributed by atoms with Crippen LogP contribution in [0.15, 0.2) is 65.6 Å². The smallest absolute Gasteiger partial charge is 0.262 e. The Bertz CT molecular complexity index is 1250. The fourth-order valence-electron chi connectivity index (χ4n) is 3.35. The summed E-state index contributed by atoms with van der Waals surface area (Å²) in [7, 11) is -0.770. The van der Waals surface area contributed by atoms with E-state index in [1.54, 1.807) is 57.5 Å². The lowest BCUT2D eigenvalue weighted by atomic mass is 10.1. The number of carbonyl (C=O) groups is 1. The molecule has 7 nitrogen and oxygen atoms in total. The molecule has 1 amide bonds. The van der Waals surface area contributed by atoms with Gasteiger partial charge in [-0.25, -0.2) is 8.42 Å². The summed E-state index contributed by atoms with van der Waals surface area (Å²) in [5.41, 5.74) is 3.09. The number of carbonyl (C=O) groups excluding carboxylic acids is 1. The number of anilines is 1. The van der Waals surface area contributed by atoms with Gasteiger partial charge in [-0.3, -0.25) is 9.52 Å². The summed E-state index contributed by atoms with van der Waals surface area (Å²) in [6.45, 7) is 5.45. The second-order valence-corrected chi connectivity index (χ2v) is 9.41. The van der Waals surface area contributed by atoms with E-state index in [4.69, 9.17) is 9.47 Å². The lowest BCUT2D eigenvalue weighted by Crippen LogP contribution is -2.27. The van der Waals surface area contributed by atoms with Crippen LogP contribution >= 0.6 is 0 Å². The van der Waals surface area contributed by atoms with Crippen LogP contribution in [0.2, 0.25) is 0 Å². The molecule has 1 atom stereocenters. The minimum atomic E-state index is -3.87. The Morgan fingerprint density at radius 2 is 1.55 bits per heavy atom. The molecule has 0 saturated heterocycles. The van der Waals surface area contributed by atoms with Crippen molar-refractivity contribution in [2.45, 2.75) is 31.7 Å². The van der Waals surface area contributed by atoms with Gasteiger partial charge < -0.3 is 14.8 Å². The molecule has 2 N–H and O–H groups in total. The van der Waals surface area contributed by atoms with Crippen molar-refractivity contribution in [1.82, 2.24) is 5.32 Å². The molecule has 0 radical (unpaired) electrons. The van der Waals surface area contributed by atoms with E-state index in [0.717, 1.165) is 11.1 Å². The summed E-state index contributed by atoms with van der Waals surface area (Å²) in [4.78, 5) is 13.0. The molecular weight excluding hydrogens is 440 g/mol. The van der Waals surface area contributed by atoms with Gasteiger partial charge in [0.15, 0.2) is 11.5 Å². The van der Waals surface area contributed by atoms with Crippen LogP contribution in [0.25, 0.3) is 0 Å². The number of amides is 1. The first-order valence-corrected chi connectivity index (χ1v) is 11.9. The maximum atomic E-state index is 13.0. The van der Waals surface area contributed by atoms with Gasteiger partial charge >= 0.3 is 0 Å². The number of nitrogens with one attached hydrogen (secondary N) is 2. The van der Waals surface area contributed by atoms with Gasteiger partial charge in [0.25, 0.3) is 15.9 Å². The van der Waals surface area contributed by atoms with Gasteiger partial charge in [0.1, 0.15) is 0 Å². The van der Waals surface area contributed by atoms with Crippen molar-refractivity contribution >= 4 is 21.6 Å². The Hall–Kier alpha value is -3.52. The normalized spacial score (nSPS) is 12.0. The van der Waals surface area contributed by atoms with Crippen molar-refractivity contribution in [3.63, 3.8) is 0 Å². The SMILES string of the molecule is COc1ccc(C(C)NC(=O)c2ccc(C)c(S(=O)(=O)Nc3ccc(C)cc3)c2)cc1OC. The highest BCUT2D eigenvalue weighted by Crippen LogP contribution is 2.30. The van der Waals surface area contributed by atoms with Crippen LogP contribution in [0.3, 0.4) is 0 Å². The quantitative estimate of drug-likeness (QED) is 0.503. The first-order chi connectivity index (χ1) is 15.6. The van der Waals surface area contributed by atoms with E-state index >= 15 is 0 Å². The number of ether oxygens (including phenoxy) is 2. The maximum Gasteiger partial charge on any atom is 0.262 e. The predicted molar refractivity (Wildman–Crippen MR) is 129 cm³/mol. The molecular formula is C25H28N2O5S. The van der Waals surface area contributed by atoms with Crippen LogP contribution < -0.4 is 19.5 Å². The van der Waals surface area contributed by atoms with Crippen LogP contribution in [-0.4, -0.2) is 28.5 Å². The van der Waals surface area contributed by atoms with Crippen molar-refractivity contribution in [3.8, 4) is 11.5 Å². The van der Waals surface area contributed by atoms with Crippen molar-refractivity contribution in [3.05, 3.63) is 82.9 Å². The lowest BCUT2D eigenvalue weighted by Gasteiger charge is -2.17. The molecule has 0 spiro atoms. The van der Waals surface area contributed by atoms with Crippen molar-refractivity contribution in [2.75, 3.05) is 18.9 Å². The topological polar surface area (TPSA) is 93.7 Å². The minimum Gasteiger partial charge on any atom is -0.493 e. The Morgan fingerprint density at radius 3 is 2.18 bits per heavy atom. The number of sulfonamides is 1. The first-order valence-electron chi connectivity index (χ1n) is 10.4. The van der Waals surface area contributed by atoms with Crippen LogP contribution in [0.1, 0.15) is 40.0 Å². The zero-order chi connectivity index (χ0) is 24.2. The standard InChI is InChI=1S/C25H28N2O5S/c1-16-6-11-21(12-7-16)27-33(29,30)24-15-20(9-8-17(24)2)25(28)26-18(3)19-10-13-22(31-4)23(14-19)32-5/h6-15,18,27H,1-5H3,(H,26,28). The third-order valence-corrected chi connectivity index (χ3v) is 6.82. The Kier molecular flexibility index (Phi) is 7.28. The Balaban J connectivity index is 1.82. The van der Waals surface area contributed by atoms with Gasteiger partial charge in [-0.1, -0.05) is 29.8 Å². The molecule has 33 heavy (non-hydrogen) atoms. The third kappa shape index (κ3) is 5.64. The second kappa shape index (κ2) is 9.95. The molecule has 0 aliphatic carbocycles. The van der Waals surface area contributed by atoms with Crippen LogP contribution in [0, 0.1) is 13.8 Å². The summed E-state index contributed by atoms with van der Waals surface area (Å²) < 4.78 is 39.1. The Labute approximate surface area is 194 Å². The molecule has 3 rings (SSSR count). The molecule has 0 aromatic heterocycles. The van der Waals surface area contributed by atoms with Gasteiger partial charge in [-0.05, 0) is 68.3 Å². The van der Waals surface area contributed by atoms with Crippen LogP contribution in [0.4, 0.5) is 5.69 Å². The largest absolute Gasteiger partial charge is 0.493 e. The summed E-state index contributed by atoms with van der Waals surface area (Å²) in [5.74, 6) is 0.764. The summed E-state index contributed by atoms with van der Waals surface area (Å²) in [6.07, 6.45) is 0. The molecule has 3 aromatic carbocycles. The second-order valence-electron chi connectivity index (χ2n) is 7.76.